The molecule has 0 unspecified atom stereocenters. The molecule has 3 N–H and O–H groups in total. The molecule has 0 aliphatic heterocycles. The van der Waals surface area contributed by atoms with E-state index in [-0.39, 0.29) is 0 Å². The maximum absolute atomic E-state index is 5.46. The van der Waals surface area contributed by atoms with Gasteiger partial charge in [0.05, 0.1) is 17.6 Å². The van der Waals surface area contributed by atoms with Crippen LogP contribution in [0.5, 0.6) is 0 Å². The number of hydrogen-bond acceptors (Lipinski definition) is 3. The fourth-order valence-corrected chi connectivity index (χ4v) is 3.15. The summed E-state index contributed by atoms with van der Waals surface area (Å²) in [6.07, 6.45) is 9.87. The summed E-state index contributed by atoms with van der Waals surface area (Å²) in [6, 6.07) is 12.5. The van der Waals surface area contributed by atoms with Crippen LogP contribution in [-0.2, 0) is 0 Å². The number of aromatic nitrogens is 1. The zero-order chi connectivity index (χ0) is 15.9. The molecule has 1 aromatic carbocycles. The first kappa shape index (κ1) is 15.7. The van der Waals surface area contributed by atoms with E-state index in [9.17, 15) is 0 Å². The number of hydrogen-bond donors (Lipinski definition) is 3. The molecule has 0 spiro atoms. The Labute approximate surface area is 142 Å². The highest BCUT2D eigenvalue weighted by Gasteiger charge is 2.14. The highest BCUT2D eigenvalue weighted by atomic mass is 32.1. The molecule has 1 fully saturated rings. The zero-order valence-electron chi connectivity index (χ0n) is 13.1. The Morgan fingerprint density at radius 2 is 1.78 bits per heavy atom. The monoisotopic (exact) mass is 326 g/mol. The van der Waals surface area contributed by atoms with E-state index in [0.29, 0.717) is 11.2 Å². The Balaban J connectivity index is 1.64. The minimum Gasteiger partial charge on any atom is -0.360 e. The summed E-state index contributed by atoms with van der Waals surface area (Å²) in [4.78, 5) is 4.20. The Hall–Kier alpha value is -2.14. The van der Waals surface area contributed by atoms with Crippen molar-refractivity contribution in [3.63, 3.8) is 0 Å². The molecule has 5 heteroatoms. The molecule has 1 heterocycles. The van der Waals surface area contributed by atoms with Gasteiger partial charge >= 0.3 is 0 Å². The van der Waals surface area contributed by atoms with Gasteiger partial charge in [-0.1, -0.05) is 37.5 Å². The fourth-order valence-electron chi connectivity index (χ4n) is 2.87. The molecule has 0 atom stereocenters. The van der Waals surface area contributed by atoms with Crippen LogP contribution in [0.15, 0.2) is 48.8 Å². The first-order valence-electron chi connectivity index (χ1n) is 8.15. The topological polar surface area (TPSA) is 49.0 Å². The minimum absolute atomic E-state index is 0.492. The van der Waals surface area contributed by atoms with Gasteiger partial charge in [-0.3, -0.25) is 4.98 Å². The molecule has 1 aromatic heterocycles. The molecule has 0 saturated heterocycles. The van der Waals surface area contributed by atoms with Gasteiger partial charge in [0.15, 0.2) is 5.11 Å². The number of nitrogens with zero attached hydrogens (tertiary/aromatic N) is 1. The van der Waals surface area contributed by atoms with Gasteiger partial charge in [0.2, 0.25) is 0 Å². The van der Waals surface area contributed by atoms with E-state index in [1.807, 2.05) is 36.4 Å². The van der Waals surface area contributed by atoms with Crippen molar-refractivity contribution in [3.05, 3.63) is 48.8 Å². The van der Waals surface area contributed by atoms with Crippen LogP contribution in [0.2, 0.25) is 0 Å². The number of benzene rings is 1. The Morgan fingerprint density at radius 1 is 1.00 bits per heavy atom. The Morgan fingerprint density at radius 3 is 2.57 bits per heavy atom. The third kappa shape index (κ3) is 4.66. The molecular weight excluding hydrogens is 304 g/mol. The average Bonchev–Trinajstić information content (AvgIpc) is 2.58. The standard InChI is InChI=1S/C18H22N4S/c23-18(21-15-9-5-2-6-10-15)22-17-13-19-12-11-16(17)20-14-7-3-1-4-8-14/h1,3-4,7-8,11-13,15H,2,5-6,9-10H2,(H,19,20)(H2,21,22,23). The largest absolute Gasteiger partial charge is 0.360 e. The SMILES string of the molecule is S=C(Nc1cnccc1Nc1ccccc1)NC1CCCCC1. The predicted octanol–water partition coefficient (Wildman–Crippen LogP) is 4.44. The first-order valence-corrected chi connectivity index (χ1v) is 8.56. The van der Waals surface area contributed by atoms with Crippen molar-refractivity contribution in [2.24, 2.45) is 0 Å². The van der Waals surface area contributed by atoms with E-state index in [0.717, 1.165) is 17.1 Å². The van der Waals surface area contributed by atoms with Gasteiger partial charge in [-0.25, -0.2) is 0 Å². The Bertz CT molecular complexity index is 638. The van der Waals surface area contributed by atoms with Crippen LogP contribution in [0.4, 0.5) is 17.1 Å². The highest BCUT2D eigenvalue weighted by molar-refractivity contribution is 7.80. The van der Waals surface area contributed by atoms with Crippen LogP contribution < -0.4 is 16.0 Å². The van der Waals surface area contributed by atoms with Crippen molar-refractivity contribution in [2.75, 3.05) is 10.6 Å². The number of rotatable bonds is 4. The molecule has 0 radical (unpaired) electrons. The van der Waals surface area contributed by atoms with Crippen molar-refractivity contribution in [1.29, 1.82) is 0 Å². The van der Waals surface area contributed by atoms with E-state index in [2.05, 4.69) is 20.9 Å². The van der Waals surface area contributed by atoms with Crippen LogP contribution in [0.25, 0.3) is 0 Å². The van der Waals surface area contributed by atoms with Crippen LogP contribution in [0.3, 0.4) is 0 Å². The maximum atomic E-state index is 5.46. The summed E-state index contributed by atoms with van der Waals surface area (Å²) < 4.78 is 0. The summed E-state index contributed by atoms with van der Waals surface area (Å²) in [6.45, 7) is 0. The van der Waals surface area contributed by atoms with Crippen LogP contribution >= 0.6 is 12.2 Å². The van der Waals surface area contributed by atoms with E-state index >= 15 is 0 Å². The third-order valence-electron chi connectivity index (χ3n) is 4.06. The second-order valence-corrected chi connectivity index (χ2v) is 6.25. The van der Waals surface area contributed by atoms with Gasteiger partial charge in [0.1, 0.15) is 0 Å². The van der Waals surface area contributed by atoms with Gasteiger partial charge in [0.25, 0.3) is 0 Å². The molecule has 120 valence electrons. The summed E-state index contributed by atoms with van der Waals surface area (Å²) in [5.74, 6) is 0. The van der Waals surface area contributed by atoms with Gasteiger partial charge in [-0.05, 0) is 43.3 Å². The van der Waals surface area contributed by atoms with Gasteiger partial charge in [-0.15, -0.1) is 0 Å². The summed E-state index contributed by atoms with van der Waals surface area (Å²) in [7, 11) is 0. The van der Waals surface area contributed by atoms with Crippen molar-refractivity contribution in [3.8, 4) is 0 Å². The summed E-state index contributed by atoms with van der Waals surface area (Å²) in [5.41, 5.74) is 2.87. The van der Waals surface area contributed by atoms with Crippen molar-refractivity contribution < 1.29 is 0 Å². The normalized spacial score (nSPS) is 15.0. The Kier molecular flexibility index (Phi) is 5.42. The summed E-state index contributed by atoms with van der Waals surface area (Å²) in [5, 5.41) is 10.8. The number of anilines is 3. The molecule has 0 bridgehead atoms. The molecule has 0 amide bonds. The smallest absolute Gasteiger partial charge is 0.171 e. The minimum atomic E-state index is 0.492. The van der Waals surface area contributed by atoms with E-state index in [1.165, 1.54) is 32.1 Å². The molecule has 23 heavy (non-hydrogen) atoms. The lowest BCUT2D eigenvalue weighted by atomic mass is 9.96. The number of thiocarbonyl (C=S) groups is 1. The quantitative estimate of drug-likeness (QED) is 0.725. The average molecular weight is 326 g/mol. The van der Waals surface area contributed by atoms with Crippen molar-refractivity contribution in [2.45, 2.75) is 38.1 Å². The van der Waals surface area contributed by atoms with Crippen molar-refractivity contribution in [1.82, 2.24) is 10.3 Å². The molecule has 1 aliphatic rings. The molecule has 4 nitrogen and oxygen atoms in total. The maximum Gasteiger partial charge on any atom is 0.171 e. The fraction of sp³-hybridized carbons (Fsp3) is 0.333. The highest BCUT2D eigenvalue weighted by Crippen LogP contribution is 2.24. The van der Waals surface area contributed by atoms with Gasteiger partial charge < -0.3 is 16.0 Å². The van der Waals surface area contributed by atoms with Crippen molar-refractivity contribution >= 4 is 34.4 Å². The molecule has 3 rings (SSSR count). The molecule has 1 saturated carbocycles. The van der Waals surface area contributed by atoms with Gasteiger partial charge in [-0.2, -0.15) is 0 Å². The number of nitrogens with one attached hydrogen (secondary N) is 3. The lowest BCUT2D eigenvalue weighted by Crippen LogP contribution is -2.38. The predicted molar refractivity (Wildman–Crippen MR) is 100 cm³/mol. The van der Waals surface area contributed by atoms with Crippen LogP contribution in [0.1, 0.15) is 32.1 Å². The second-order valence-electron chi connectivity index (χ2n) is 5.85. The van der Waals surface area contributed by atoms with Gasteiger partial charge in [0, 0.05) is 17.9 Å². The van der Waals surface area contributed by atoms with Crippen LogP contribution in [-0.4, -0.2) is 16.1 Å². The van der Waals surface area contributed by atoms with E-state index < -0.39 is 0 Å². The van der Waals surface area contributed by atoms with E-state index in [1.54, 1.807) is 12.4 Å². The van der Waals surface area contributed by atoms with Crippen LogP contribution in [0, 0.1) is 0 Å². The lowest BCUT2D eigenvalue weighted by molar-refractivity contribution is 0.415. The summed E-state index contributed by atoms with van der Waals surface area (Å²) >= 11 is 5.46. The van der Waals surface area contributed by atoms with E-state index in [4.69, 9.17) is 12.2 Å². The molecule has 2 aromatic rings. The third-order valence-corrected chi connectivity index (χ3v) is 4.28. The molecular formula is C18H22N4S. The zero-order valence-corrected chi connectivity index (χ0v) is 13.9. The molecule has 1 aliphatic carbocycles. The number of para-hydroxylation sites is 1. The second kappa shape index (κ2) is 7.92. The first-order chi connectivity index (χ1) is 11.3. The lowest BCUT2D eigenvalue weighted by Gasteiger charge is -2.24. The number of pyridine rings is 1.